The Bertz CT molecular complexity index is 5850. The Morgan fingerprint density at radius 1 is 0.220 bits per heavy atom. The van der Waals surface area contributed by atoms with Crippen LogP contribution in [0.25, 0.3) is 90.9 Å². The summed E-state index contributed by atoms with van der Waals surface area (Å²) in [6.45, 7) is -8.27. The van der Waals surface area contributed by atoms with Gasteiger partial charge in [-0.1, -0.05) is 97.1 Å². The van der Waals surface area contributed by atoms with E-state index in [1.807, 2.05) is 24.3 Å². The van der Waals surface area contributed by atoms with E-state index < -0.39 is 147 Å². The molecule has 666 valence electrons. The first-order valence-corrected chi connectivity index (χ1v) is 40.1. The van der Waals surface area contributed by atoms with Gasteiger partial charge in [0, 0.05) is 115 Å². The predicted molar refractivity (Wildman–Crippen MR) is 455 cm³/mol. The highest BCUT2D eigenvalue weighted by atomic mass is 16.4. The zero-order chi connectivity index (χ0) is 94.1. The molecule has 11 aromatic rings. The topological polar surface area (TPSA) is 576 Å². The highest BCUT2D eigenvalue weighted by Crippen LogP contribution is 2.40. The average molecular weight is 1780 g/mol. The number of carboxylic acid groups (broad SMARTS) is 8. The third-order valence-corrected chi connectivity index (χ3v) is 20.8. The van der Waals surface area contributed by atoms with E-state index in [4.69, 9.17) is 9.97 Å². The van der Waals surface area contributed by atoms with Gasteiger partial charge in [0.05, 0.1) is 123 Å². The van der Waals surface area contributed by atoms with Crippen LogP contribution in [0.4, 0.5) is 0 Å². The summed E-state index contributed by atoms with van der Waals surface area (Å²) in [7, 11) is 0. The fourth-order valence-corrected chi connectivity index (χ4v) is 14.5. The number of amides is 8. The number of fused-ring (bicyclic) bond motifs is 8. The average Bonchev–Trinajstić information content (AvgIpc) is 1.61. The maximum Gasteiger partial charge on any atom is 0.254 e. The maximum absolute atomic E-state index is 14.0. The highest BCUT2D eigenvalue weighted by molar-refractivity contribution is 6.05. The summed E-state index contributed by atoms with van der Waals surface area (Å²) < 4.78 is 0. The number of carboxylic acids is 8. The maximum atomic E-state index is 14.0. The van der Waals surface area contributed by atoms with Crippen LogP contribution in [0.3, 0.4) is 0 Å². The van der Waals surface area contributed by atoms with Gasteiger partial charge in [-0.25, -0.2) is 9.97 Å². The molecule has 13 rings (SSSR count). The second-order valence-electron chi connectivity index (χ2n) is 30.0. The second kappa shape index (κ2) is 40.9. The Morgan fingerprint density at radius 2 is 0.379 bits per heavy atom. The van der Waals surface area contributed by atoms with Crippen LogP contribution < -0.4 is 62.1 Å². The Kier molecular flexibility index (Phi) is 28.4. The molecule has 3 aromatic heterocycles. The minimum atomic E-state index is -1.69. The van der Waals surface area contributed by atoms with Crippen LogP contribution in [-0.2, 0) is 64.5 Å². The van der Waals surface area contributed by atoms with E-state index in [0.29, 0.717) is 131 Å². The molecule has 0 spiro atoms. The summed E-state index contributed by atoms with van der Waals surface area (Å²) in [4.78, 5) is 220. The lowest BCUT2D eigenvalue weighted by atomic mass is 10.0. The molecular formula is C96H70N12O24-8. The number of nitrogens with one attached hydrogen (secondary N) is 6. The van der Waals surface area contributed by atoms with Gasteiger partial charge in [-0.2, -0.15) is 0 Å². The van der Waals surface area contributed by atoms with E-state index in [1.165, 1.54) is 97.1 Å². The van der Waals surface area contributed by atoms with Crippen LogP contribution in [-0.4, -0.2) is 187 Å². The number of carbonyl (C=O) groups is 16. The van der Waals surface area contributed by atoms with E-state index in [1.54, 1.807) is 121 Å². The van der Waals surface area contributed by atoms with Gasteiger partial charge in [0.1, 0.15) is 0 Å². The van der Waals surface area contributed by atoms with Crippen molar-refractivity contribution < 1.29 is 118 Å². The molecule has 0 radical (unpaired) electrons. The van der Waals surface area contributed by atoms with E-state index in [-0.39, 0.29) is 70.7 Å². The molecule has 6 N–H and O–H groups in total. The number of benzene rings is 8. The number of aromatic nitrogens is 4. The van der Waals surface area contributed by atoms with Crippen molar-refractivity contribution in [2.45, 2.75) is 26.2 Å². The summed E-state index contributed by atoms with van der Waals surface area (Å²) in [5.41, 5.74) is 10.5. The van der Waals surface area contributed by atoms with Crippen LogP contribution >= 0.6 is 0 Å². The second-order valence-corrected chi connectivity index (χ2v) is 30.0. The molecule has 0 aliphatic carbocycles. The van der Waals surface area contributed by atoms with Crippen LogP contribution in [0.5, 0.6) is 0 Å². The first-order valence-electron chi connectivity index (χ1n) is 40.1. The number of nitrogens with zero attached hydrogens (tertiary/aromatic N) is 6. The fourth-order valence-electron chi connectivity index (χ4n) is 14.5. The van der Waals surface area contributed by atoms with Crippen molar-refractivity contribution in [2.75, 3.05) is 52.4 Å². The first-order chi connectivity index (χ1) is 63.3. The Balaban J connectivity index is 0.887. The summed E-state index contributed by atoms with van der Waals surface area (Å²) in [6.07, 6.45) is 7.17. The summed E-state index contributed by atoms with van der Waals surface area (Å²) >= 11 is 0. The third kappa shape index (κ3) is 22.8. The Labute approximate surface area is 747 Å². The molecule has 2 aliphatic rings. The van der Waals surface area contributed by atoms with Crippen LogP contribution in [0.2, 0.25) is 0 Å². The molecule has 8 aromatic carbocycles. The van der Waals surface area contributed by atoms with Crippen LogP contribution in [0.15, 0.2) is 218 Å². The number of carbonyl (C=O) groups excluding carboxylic acids is 16. The Hall–Kier alpha value is -18.1. The number of H-pyrrole nitrogens is 2. The fraction of sp³-hybridized carbons (Fsp3) is 0.125. The largest absolute Gasteiger partial charge is 0.548 e. The molecule has 132 heavy (non-hydrogen) atoms. The SMILES string of the molecule is O=C([O-])CN(CC(=O)[O-])C(=O)c1ccc(CNC(=O)c2ccc(-c3c4nc(c(-c5ccc(C(=O)NCc6ccc(C(=O)N(CC(=O)[O-])CC(=O)[O-])cc6)cc5)c5ccc([nH]5)c(-c5ccc(C(=O)NCc6ccc(C(=O)N(CC(=O)[O-])CC(=O)[O-])cc6)cc5)c5nc(c(-c6ccc(C(=O)NCc7ccc(C(=O)N(CC(=O)[O-])CC(=O)[O-])cc7)cc6)c6ccc3[nH]6)C=C5)C=C4)cc2)cc1. The number of rotatable bonds is 36. The smallest absolute Gasteiger partial charge is 0.254 e. The summed E-state index contributed by atoms with van der Waals surface area (Å²) in [5.74, 6) is -19.2. The summed E-state index contributed by atoms with van der Waals surface area (Å²) in [6, 6.07) is 56.4. The number of aliphatic carboxylic acids is 8. The Morgan fingerprint density at radius 3 is 0.538 bits per heavy atom. The van der Waals surface area contributed by atoms with Crippen LogP contribution in [0, 0.1) is 0 Å². The van der Waals surface area contributed by atoms with Crippen molar-refractivity contribution in [3.8, 4) is 44.5 Å². The molecule has 36 heteroatoms. The van der Waals surface area contributed by atoms with E-state index in [0.717, 1.165) is 0 Å². The molecule has 0 fully saturated rings. The third-order valence-electron chi connectivity index (χ3n) is 20.8. The van der Waals surface area contributed by atoms with Gasteiger partial charge in [-0.3, -0.25) is 38.4 Å². The molecule has 36 nitrogen and oxygen atoms in total. The van der Waals surface area contributed by atoms with Crippen molar-refractivity contribution in [1.82, 2.24) is 60.8 Å². The van der Waals surface area contributed by atoms with Gasteiger partial charge in [0.25, 0.3) is 47.3 Å². The zero-order valence-electron chi connectivity index (χ0n) is 69.1. The normalized spacial score (nSPS) is 11.2. The number of hydrogen-bond acceptors (Lipinski definition) is 26. The molecule has 0 unspecified atom stereocenters. The zero-order valence-corrected chi connectivity index (χ0v) is 69.1. The van der Waals surface area contributed by atoms with E-state index in [9.17, 15) is 118 Å². The van der Waals surface area contributed by atoms with Gasteiger partial charge in [-0.15, -0.1) is 0 Å². The number of hydrogen-bond donors (Lipinski definition) is 6. The van der Waals surface area contributed by atoms with E-state index in [2.05, 4.69) is 31.2 Å². The van der Waals surface area contributed by atoms with Crippen molar-refractivity contribution in [3.63, 3.8) is 0 Å². The molecule has 0 atom stereocenters. The molecular weight excluding hydrogens is 1710 g/mol. The summed E-state index contributed by atoms with van der Waals surface area (Å²) in [5, 5.41) is 102. The van der Waals surface area contributed by atoms with E-state index >= 15 is 0 Å². The lowest BCUT2D eigenvalue weighted by Crippen LogP contribution is -2.47. The van der Waals surface area contributed by atoms with Crippen molar-refractivity contribution in [3.05, 3.63) is 308 Å². The predicted octanol–water partition coefficient (Wildman–Crippen LogP) is -1.19. The lowest BCUT2D eigenvalue weighted by molar-refractivity contribution is -0.311. The van der Waals surface area contributed by atoms with Gasteiger partial charge in [0.2, 0.25) is 0 Å². The molecule has 8 amide bonds. The lowest BCUT2D eigenvalue weighted by Gasteiger charge is -2.23. The van der Waals surface area contributed by atoms with Crippen molar-refractivity contribution >= 4 is 141 Å². The van der Waals surface area contributed by atoms with Crippen LogP contribution in [0.1, 0.15) is 128 Å². The van der Waals surface area contributed by atoms with Crippen molar-refractivity contribution in [1.29, 1.82) is 0 Å². The minimum absolute atomic E-state index is 0.0438. The molecule has 0 saturated heterocycles. The quantitative estimate of drug-likeness (QED) is 0.0269. The highest BCUT2D eigenvalue weighted by Gasteiger charge is 2.26. The molecule has 8 bridgehead atoms. The molecule has 5 heterocycles. The standard InChI is InChI=1S/C96H78N12O24/c109-77(110)45-105(46-78(111)112)93(129)65-9-1-53(2-10-65)41-97-89(125)61-25-17-57(18-26-61)85-69-33-35-71(101-69)86(58-19-27-62(28-20-58)90(126)98-42-54-3-11-66(12-4-54)94(130)106(47-79(113)114)48-80(115)116)73-37-39-75(103-73)88(60-23-31-64(32-24-60)92(128)100-44-56-7-15-68(16-8-56)96(132)108(51-83(121)122)52-84(123)124)76-40-38-74(104-76)87(72-36-34-70(85)102-72)59-21-29-63(30-22-59)91(127)99-43-55-5-13-67(14-6-55)95(131)107(49-81(117)118)50-82(119)120/h1-40,101,104H,41-52H2,(H,97,125)(H,98,126)(H,99,127)(H,100,128)(H,109,110)(H,111,112)(H,113,114)(H,115,116)(H,117,118)(H,119,120)(H,121,122)(H,123,124)/p-8. The van der Waals surface area contributed by atoms with Crippen molar-refractivity contribution in [2.24, 2.45) is 0 Å². The monoisotopic (exact) mass is 1770 g/mol. The van der Waals surface area contributed by atoms with Gasteiger partial charge in [-0.05, 0) is 190 Å². The first kappa shape index (κ1) is 91.6. The minimum Gasteiger partial charge on any atom is -0.548 e. The van der Waals surface area contributed by atoms with Gasteiger partial charge < -0.3 is 130 Å². The van der Waals surface area contributed by atoms with Gasteiger partial charge >= 0.3 is 0 Å². The molecule has 0 saturated carbocycles. The molecule has 2 aliphatic heterocycles. The van der Waals surface area contributed by atoms with Gasteiger partial charge in [0.15, 0.2) is 0 Å². The number of aromatic amines is 2.